The zero-order chi connectivity index (χ0) is 21.1. The van der Waals surface area contributed by atoms with Crippen LogP contribution in [0.15, 0.2) is 30.0 Å². The van der Waals surface area contributed by atoms with Gasteiger partial charge in [0.2, 0.25) is 0 Å². The van der Waals surface area contributed by atoms with Crippen molar-refractivity contribution < 1.29 is 9.90 Å². The molecule has 0 unspecified atom stereocenters. The predicted octanol–water partition coefficient (Wildman–Crippen LogP) is 5.27. The van der Waals surface area contributed by atoms with E-state index in [-0.39, 0.29) is 5.91 Å². The van der Waals surface area contributed by atoms with Crippen molar-refractivity contribution in [3.05, 3.63) is 46.2 Å². The first-order chi connectivity index (χ1) is 14.4. The normalized spacial score (nSPS) is 29.9. The maximum atomic E-state index is 13.0. The third-order valence-electron chi connectivity index (χ3n) is 7.43. The maximum Gasteiger partial charge on any atom is 0.252 e. The van der Waals surface area contributed by atoms with Crippen LogP contribution in [0, 0.1) is 23.2 Å². The minimum Gasteiger partial charge on any atom is -0.513 e. The molecule has 4 aliphatic carbocycles. The first-order valence-electron chi connectivity index (χ1n) is 11.6. The summed E-state index contributed by atoms with van der Waals surface area (Å²) in [6, 6.07) is 5.81. The van der Waals surface area contributed by atoms with E-state index in [1.54, 1.807) is 13.0 Å². The molecule has 0 saturated heterocycles. The number of rotatable bonds is 9. The zero-order valence-corrected chi connectivity index (χ0v) is 18.8. The molecule has 1 aromatic carbocycles. The van der Waals surface area contributed by atoms with Crippen LogP contribution in [0.5, 0.6) is 0 Å². The number of benzene rings is 1. The first kappa shape index (κ1) is 21.7. The SMILES string of the molecule is C/C(O)=C\CNCCCc1ccc(Cl)c(C(=O)NCC23CC4CC(CC(C4)C2)C3)c1. The van der Waals surface area contributed by atoms with Crippen molar-refractivity contribution in [3.63, 3.8) is 0 Å². The topological polar surface area (TPSA) is 61.4 Å². The summed E-state index contributed by atoms with van der Waals surface area (Å²) in [5.41, 5.74) is 2.07. The summed E-state index contributed by atoms with van der Waals surface area (Å²) in [4.78, 5) is 13.0. The Bertz CT molecular complexity index is 765. The second-order valence-corrected chi connectivity index (χ2v) is 10.5. The number of allylic oxidation sites excluding steroid dienone is 1. The van der Waals surface area contributed by atoms with Gasteiger partial charge in [0.05, 0.1) is 16.3 Å². The number of aliphatic hydroxyl groups excluding tert-OH is 1. The summed E-state index contributed by atoms with van der Waals surface area (Å²) in [6.07, 6.45) is 11.8. The molecule has 4 bridgehead atoms. The van der Waals surface area contributed by atoms with Crippen molar-refractivity contribution >= 4 is 17.5 Å². The van der Waals surface area contributed by atoms with Crippen LogP contribution in [-0.2, 0) is 6.42 Å². The lowest BCUT2D eigenvalue weighted by Crippen LogP contribution is -2.51. The third kappa shape index (κ3) is 5.20. The van der Waals surface area contributed by atoms with E-state index in [2.05, 4.69) is 10.6 Å². The van der Waals surface area contributed by atoms with E-state index in [0.717, 1.165) is 49.2 Å². The van der Waals surface area contributed by atoms with Crippen LogP contribution in [0.2, 0.25) is 5.02 Å². The molecule has 0 radical (unpaired) electrons. The smallest absolute Gasteiger partial charge is 0.252 e. The molecule has 5 heteroatoms. The minimum absolute atomic E-state index is 0.0284. The molecule has 4 nitrogen and oxygen atoms in total. The van der Waals surface area contributed by atoms with Crippen molar-refractivity contribution in [1.29, 1.82) is 0 Å². The molecule has 30 heavy (non-hydrogen) atoms. The van der Waals surface area contributed by atoms with E-state index >= 15 is 0 Å². The molecule has 0 spiro atoms. The molecule has 4 saturated carbocycles. The van der Waals surface area contributed by atoms with Gasteiger partial charge in [0.1, 0.15) is 0 Å². The summed E-state index contributed by atoms with van der Waals surface area (Å²) in [5, 5.41) is 16.2. The number of carbonyl (C=O) groups is 1. The van der Waals surface area contributed by atoms with Crippen LogP contribution in [0.4, 0.5) is 0 Å². The lowest BCUT2D eigenvalue weighted by atomic mass is 9.49. The summed E-state index contributed by atoms with van der Waals surface area (Å²) in [7, 11) is 0. The van der Waals surface area contributed by atoms with Gasteiger partial charge < -0.3 is 15.7 Å². The average molecular weight is 431 g/mol. The molecule has 4 fully saturated rings. The van der Waals surface area contributed by atoms with Gasteiger partial charge in [-0.3, -0.25) is 4.79 Å². The molecule has 0 heterocycles. The minimum atomic E-state index is -0.0284. The Labute approximate surface area is 185 Å². The van der Waals surface area contributed by atoms with Crippen LogP contribution in [0.1, 0.15) is 67.8 Å². The van der Waals surface area contributed by atoms with E-state index in [1.165, 1.54) is 38.5 Å². The van der Waals surface area contributed by atoms with Gasteiger partial charge in [-0.2, -0.15) is 0 Å². The van der Waals surface area contributed by atoms with Gasteiger partial charge in [-0.05, 0) is 112 Å². The second kappa shape index (κ2) is 9.32. The van der Waals surface area contributed by atoms with Crippen LogP contribution in [0.3, 0.4) is 0 Å². The zero-order valence-electron chi connectivity index (χ0n) is 18.1. The highest BCUT2D eigenvalue weighted by molar-refractivity contribution is 6.33. The van der Waals surface area contributed by atoms with Crippen LogP contribution in [-0.4, -0.2) is 30.6 Å². The molecule has 5 rings (SSSR count). The molecule has 0 aliphatic heterocycles. The standard InChI is InChI=1S/C25H35ClN2O2/c1-17(29)6-8-27-7-2-3-18-4-5-23(26)22(12-18)24(30)28-16-25-13-19-9-20(14-25)11-21(10-19)15-25/h4-6,12,19-21,27,29H,2-3,7-11,13-16H2,1H3,(H,28,30)/b17-6+. The Kier molecular flexibility index (Phi) is 6.74. The fourth-order valence-corrected chi connectivity index (χ4v) is 6.71. The molecular weight excluding hydrogens is 396 g/mol. The second-order valence-electron chi connectivity index (χ2n) is 10.1. The van der Waals surface area contributed by atoms with Gasteiger partial charge in [0.25, 0.3) is 5.91 Å². The van der Waals surface area contributed by atoms with Gasteiger partial charge in [-0.1, -0.05) is 17.7 Å². The Morgan fingerprint density at radius 3 is 2.50 bits per heavy atom. The lowest BCUT2D eigenvalue weighted by Gasteiger charge is -2.56. The summed E-state index contributed by atoms with van der Waals surface area (Å²) in [5.74, 6) is 2.99. The number of carbonyl (C=O) groups excluding carboxylic acids is 1. The Balaban J connectivity index is 1.29. The van der Waals surface area contributed by atoms with Crippen molar-refractivity contribution in [2.75, 3.05) is 19.6 Å². The highest BCUT2D eigenvalue weighted by Gasteiger charge is 2.50. The fourth-order valence-electron chi connectivity index (χ4n) is 6.51. The molecule has 0 aromatic heterocycles. The molecule has 1 amide bonds. The number of aliphatic hydroxyl groups is 1. The Morgan fingerprint density at radius 1 is 1.20 bits per heavy atom. The highest BCUT2D eigenvalue weighted by Crippen LogP contribution is 2.59. The van der Waals surface area contributed by atoms with Crippen molar-refractivity contribution in [1.82, 2.24) is 10.6 Å². The molecule has 4 aliphatic rings. The van der Waals surface area contributed by atoms with Crippen molar-refractivity contribution in [2.24, 2.45) is 23.2 Å². The van der Waals surface area contributed by atoms with Gasteiger partial charge in [-0.15, -0.1) is 0 Å². The van der Waals surface area contributed by atoms with E-state index in [0.29, 0.717) is 28.3 Å². The highest BCUT2D eigenvalue weighted by atomic mass is 35.5. The monoisotopic (exact) mass is 430 g/mol. The number of hydrogen-bond donors (Lipinski definition) is 3. The van der Waals surface area contributed by atoms with Gasteiger partial charge >= 0.3 is 0 Å². The Morgan fingerprint density at radius 2 is 1.87 bits per heavy atom. The quantitative estimate of drug-likeness (QED) is 0.369. The number of halogens is 1. The van der Waals surface area contributed by atoms with Gasteiger partial charge in [0, 0.05) is 13.1 Å². The summed E-state index contributed by atoms with van der Waals surface area (Å²) >= 11 is 6.37. The number of amides is 1. The maximum absolute atomic E-state index is 13.0. The summed E-state index contributed by atoms with van der Waals surface area (Å²) < 4.78 is 0. The summed E-state index contributed by atoms with van der Waals surface area (Å²) in [6.45, 7) is 4.00. The number of hydrogen-bond acceptors (Lipinski definition) is 3. The van der Waals surface area contributed by atoms with Crippen molar-refractivity contribution in [3.8, 4) is 0 Å². The van der Waals surface area contributed by atoms with E-state index < -0.39 is 0 Å². The fraction of sp³-hybridized carbons (Fsp3) is 0.640. The van der Waals surface area contributed by atoms with Gasteiger partial charge in [-0.25, -0.2) is 0 Å². The van der Waals surface area contributed by atoms with Crippen LogP contribution >= 0.6 is 11.6 Å². The van der Waals surface area contributed by atoms with Crippen LogP contribution < -0.4 is 10.6 Å². The van der Waals surface area contributed by atoms with E-state index in [9.17, 15) is 4.79 Å². The van der Waals surface area contributed by atoms with Crippen LogP contribution in [0.25, 0.3) is 0 Å². The third-order valence-corrected chi connectivity index (χ3v) is 7.75. The lowest BCUT2D eigenvalue weighted by molar-refractivity contribution is -0.0503. The molecular formula is C25H35ClN2O2. The molecule has 1 aromatic rings. The molecule has 164 valence electrons. The number of nitrogens with one attached hydrogen (secondary N) is 2. The van der Waals surface area contributed by atoms with Gasteiger partial charge in [0.15, 0.2) is 0 Å². The Hall–Kier alpha value is -1.52. The van der Waals surface area contributed by atoms with E-state index in [1.807, 2.05) is 18.2 Å². The van der Waals surface area contributed by atoms with E-state index in [4.69, 9.17) is 16.7 Å². The first-order valence-corrected chi connectivity index (χ1v) is 11.9. The molecule has 3 N–H and O–H groups in total. The average Bonchev–Trinajstić information content (AvgIpc) is 2.69. The molecule has 0 atom stereocenters. The van der Waals surface area contributed by atoms with Crippen molar-refractivity contribution in [2.45, 2.75) is 58.3 Å². The largest absolute Gasteiger partial charge is 0.513 e. The predicted molar refractivity (Wildman–Crippen MR) is 122 cm³/mol. The number of aryl methyl sites for hydroxylation is 1.